The number of nitrogens with zero attached hydrogens (tertiary/aromatic N) is 4. The molecule has 6 nitrogen and oxygen atoms in total. The van der Waals surface area contributed by atoms with Crippen LogP contribution in [-0.4, -0.2) is 38.9 Å². The number of hydrogen-bond donors (Lipinski definition) is 1. The summed E-state index contributed by atoms with van der Waals surface area (Å²) in [6.07, 6.45) is 4.09. The van der Waals surface area contributed by atoms with Crippen molar-refractivity contribution in [2.45, 2.75) is 32.9 Å². The van der Waals surface area contributed by atoms with Gasteiger partial charge in [-0.3, -0.25) is 9.48 Å². The third-order valence-electron chi connectivity index (χ3n) is 3.20. The van der Waals surface area contributed by atoms with Crippen molar-refractivity contribution in [3.05, 3.63) is 11.9 Å². The molecule has 1 aromatic rings. The smallest absolute Gasteiger partial charge is 0.219 e. The van der Waals surface area contributed by atoms with E-state index in [2.05, 4.69) is 10.3 Å². The maximum Gasteiger partial charge on any atom is 0.219 e. The van der Waals surface area contributed by atoms with Gasteiger partial charge < -0.3 is 10.6 Å². The molecule has 0 bridgehead atoms. The highest BCUT2D eigenvalue weighted by molar-refractivity contribution is 5.73. The highest BCUT2D eigenvalue weighted by atomic mass is 16.2. The van der Waals surface area contributed by atoms with Gasteiger partial charge in [-0.15, -0.1) is 5.10 Å². The van der Waals surface area contributed by atoms with Gasteiger partial charge in [-0.1, -0.05) is 5.21 Å². The number of rotatable bonds is 3. The summed E-state index contributed by atoms with van der Waals surface area (Å²) in [7, 11) is 0. The molecule has 0 saturated carbocycles. The minimum Gasteiger partial charge on any atom is -0.343 e. The maximum atomic E-state index is 11.3. The predicted octanol–water partition coefficient (Wildman–Crippen LogP) is -0.00470. The maximum absolute atomic E-state index is 11.3. The fourth-order valence-corrected chi connectivity index (χ4v) is 2.29. The average Bonchev–Trinajstić information content (AvgIpc) is 2.77. The Kier molecular flexibility index (Phi) is 3.73. The fourth-order valence-electron chi connectivity index (χ4n) is 2.29. The molecule has 2 heterocycles. The van der Waals surface area contributed by atoms with Crippen molar-refractivity contribution >= 4 is 5.91 Å². The summed E-state index contributed by atoms with van der Waals surface area (Å²) >= 11 is 0. The minimum atomic E-state index is 0.163. The molecule has 94 valence electrons. The molecule has 0 spiro atoms. The summed E-state index contributed by atoms with van der Waals surface area (Å²) in [5, 5.41) is 8.00. The zero-order chi connectivity index (χ0) is 12.3. The first-order valence-corrected chi connectivity index (χ1v) is 6.03. The Bertz CT molecular complexity index is 389. The molecule has 2 rings (SSSR count). The standard InChI is InChI=1S/C11H19N5O/c1-9(17)15-4-2-3-10(6-15)7-16-8-11(5-12)13-14-16/h8,10H,2-7,12H2,1H3/t10-/m0/s1. The molecule has 1 amide bonds. The van der Waals surface area contributed by atoms with Crippen LogP contribution in [0.1, 0.15) is 25.5 Å². The van der Waals surface area contributed by atoms with Crippen molar-refractivity contribution in [3.63, 3.8) is 0 Å². The van der Waals surface area contributed by atoms with Crippen molar-refractivity contribution in [2.75, 3.05) is 13.1 Å². The zero-order valence-corrected chi connectivity index (χ0v) is 10.2. The second-order valence-electron chi connectivity index (χ2n) is 4.61. The SMILES string of the molecule is CC(=O)N1CCC[C@H](Cn2cc(CN)nn2)C1. The molecule has 2 N–H and O–H groups in total. The molecular weight excluding hydrogens is 218 g/mol. The Morgan fingerprint density at radius 1 is 1.65 bits per heavy atom. The van der Waals surface area contributed by atoms with Crippen molar-refractivity contribution < 1.29 is 4.79 Å². The number of piperidine rings is 1. The summed E-state index contributed by atoms with van der Waals surface area (Å²) in [6.45, 7) is 4.58. The molecule has 0 aliphatic carbocycles. The van der Waals surface area contributed by atoms with Crippen LogP contribution in [0.3, 0.4) is 0 Å². The van der Waals surface area contributed by atoms with Gasteiger partial charge in [0.05, 0.1) is 5.69 Å². The van der Waals surface area contributed by atoms with Gasteiger partial charge in [-0.2, -0.15) is 0 Å². The van der Waals surface area contributed by atoms with E-state index in [1.807, 2.05) is 15.8 Å². The minimum absolute atomic E-state index is 0.163. The Hall–Kier alpha value is -1.43. The molecule has 1 fully saturated rings. The first-order chi connectivity index (χ1) is 8.19. The fraction of sp³-hybridized carbons (Fsp3) is 0.727. The van der Waals surface area contributed by atoms with Crippen LogP contribution in [0, 0.1) is 5.92 Å². The Morgan fingerprint density at radius 3 is 3.12 bits per heavy atom. The van der Waals surface area contributed by atoms with E-state index in [-0.39, 0.29) is 5.91 Å². The largest absolute Gasteiger partial charge is 0.343 e. The van der Waals surface area contributed by atoms with Crippen molar-refractivity contribution in [3.8, 4) is 0 Å². The van der Waals surface area contributed by atoms with Crippen molar-refractivity contribution in [1.82, 2.24) is 19.9 Å². The molecule has 0 unspecified atom stereocenters. The summed E-state index contributed by atoms with van der Waals surface area (Å²) in [5.41, 5.74) is 6.30. The lowest BCUT2D eigenvalue weighted by Crippen LogP contribution is -2.39. The van der Waals surface area contributed by atoms with Crippen molar-refractivity contribution in [2.24, 2.45) is 11.7 Å². The average molecular weight is 237 g/mol. The summed E-state index contributed by atoms with van der Waals surface area (Å²) in [6, 6.07) is 0. The lowest BCUT2D eigenvalue weighted by molar-refractivity contribution is -0.130. The highest BCUT2D eigenvalue weighted by Gasteiger charge is 2.22. The Labute approximate surface area is 101 Å². The van der Waals surface area contributed by atoms with Gasteiger partial charge in [-0.05, 0) is 18.8 Å². The number of likely N-dealkylation sites (tertiary alicyclic amines) is 1. The number of carbonyl (C=O) groups excluding carboxylic acids is 1. The first kappa shape index (κ1) is 12.0. The molecular formula is C11H19N5O. The van der Waals surface area contributed by atoms with Gasteiger partial charge in [0.15, 0.2) is 0 Å². The summed E-state index contributed by atoms with van der Waals surface area (Å²) < 4.78 is 1.83. The molecule has 1 aliphatic heterocycles. The van der Waals surface area contributed by atoms with E-state index in [0.717, 1.165) is 38.2 Å². The predicted molar refractivity (Wildman–Crippen MR) is 62.9 cm³/mol. The van der Waals surface area contributed by atoms with Crippen LogP contribution >= 0.6 is 0 Å². The van der Waals surface area contributed by atoms with Gasteiger partial charge in [0.1, 0.15) is 0 Å². The number of hydrogen-bond acceptors (Lipinski definition) is 4. The van der Waals surface area contributed by atoms with Crippen molar-refractivity contribution in [1.29, 1.82) is 0 Å². The van der Waals surface area contributed by atoms with E-state index >= 15 is 0 Å². The molecule has 17 heavy (non-hydrogen) atoms. The topological polar surface area (TPSA) is 77.0 Å². The lowest BCUT2D eigenvalue weighted by atomic mass is 9.98. The summed E-state index contributed by atoms with van der Waals surface area (Å²) in [4.78, 5) is 13.2. The molecule has 0 aromatic carbocycles. The third kappa shape index (κ3) is 3.03. The zero-order valence-electron chi connectivity index (χ0n) is 10.2. The van der Waals surface area contributed by atoms with E-state index in [1.165, 1.54) is 0 Å². The van der Waals surface area contributed by atoms with Crippen LogP contribution in [-0.2, 0) is 17.9 Å². The molecule has 1 atom stereocenters. The van der Waals surface area contributed by atoms with Crippen LogP contribution in [0.25, 0.3) is 0 Å². The molecule has 1 aliphatic rings. The Morgan fingerprint density at radius 2 is 2.47 bits per heavy atom. The Balaban J connectivity index is 1.92. The van der Waals surface area contributed by atoms with Gasteiger partial charge >= 0.3 is 0 Å². The van der Waals surface area contributed by atoms with Gasteiger partial charge in [0.25, 0.3) is 0 Å². The number of aromatic nitrogens is 3. The molecule has 6 heteroatoms. The number of amides is 1. The van der Waals surface area contributed by atoms with Crippen LogP contribution in [0.15, 0.2) is 6.20 Å². The molecule has 1 saturated heterocycles. The number of nitrogens with two attached hydrogens (primary N) is 1. The second-order valence-corrected chi connectivity index (χ2v) is 4.61. The van der Waals surface area contributed by atoms with Gasteiger partial charge in [0.2, 0.25) is 5.91 Å². The third-order valence-corrected chi connectivity index (χ3v) is 3.20. The lowest BCUT2D eigenvalue weighted by Gasteiger charge is -2.31. The van der Waals surface area contributed by atoms with Gasteiger partial charge in [-0.25, -0.2) is 0 Å². The highest BCUT2D eigenvalue weighted by Crippen LogP contribution is 2.18. The van der Waals surface area contributed by atoms with Crippen LogP contribution in [0.5, 0.6) is 0 Å². The van der Waals surface area contributed by atoms with Crippen LogP contribution in [0.2, 0.25) is 0 Å². The first-order valence-electron chi connectivity index (χ1n) is 6.03. The summed E-state index contributed by atoms with van der Waals surface area (Å²) in [5.74, 6) is 0.635. The second kappa shape index (κ2) is 5.27. The van der Waals surface area contributed by atoms with E-state index in [4.69, 9.17) is 5.73 Å². The molecule has 0 radical (unpaired) electrons. The van der Waals surface area contributed by atoms with E-state index in [1.54, 1.807) is 6.92 Å². The van der Waals surface area contributed by atoms with E-state index in [0.29, 0.717) is 12.5 Å². The number of carbonyl (C=O) groups is 1. The van der Waals surface area contributed by atoms with E-state index in [9.17, 15) is 4.79 Å². The van der Waals surface area contributed by atoms with Gasteiger partial charge in [0, 0.05) is 39.3 Å². The quantitative estimate of drug-likeness (QED) is 0.802. The van der Waals surface area contributed by atoms with Crippen LogP contribution in [0.4, 0.5) is 0 Å². The monoisotopic (exact) mass is 237 g/mol. The van der Waals surface area contributed by atoms with Crippen LogP contribution < -0.4 is 5.73 Å². The molecule has 1 aromatic heterocycles. The normalized spacial score (nSPS) is 20.6. The van der Waals surface area contributed by atoms with E-state index < -0.39 is 0 Å².